The number of benzene rings is 1. The Hall–Kier alpha value is -3.74. The minimum atomic E-state index is -4.12. The number of amides is 1. The molecule has 0 saturated heterocycles. The van der Waals surface area contributed by atoms with E-state index in [4.69, 9.17) is 4.74 Å². The fourth-order valence-electron chi connectivity index (χ4n) is 3.41. The van der Waals surface area contributed by atoms with Crippen molar-refractivity contribution in [2.45, 2.75) is 30.2 Å². The monoisotopic (exact) mass is 517 g/mol. The quantitative estimate of drug-likeness (QED) is 0.235. The number of rotatable bonds is 13. The first kappa shape index (κ1) is 26.9. The van der Waals surface area contributed by atoms with Gasteiger partial charge in [0.2, 0.25) is 10.0 Å². The van der Waals surface area contributed by atoms with E-state index in [1.807, 2.05) is 0 Å². The van der Waals surface area contributed by atoms with Crippen LogP contribution in [0, 0.1) is 0 Å². The van der Waals surface area contributed by atoms with E-state index in [-0.39, 0.29) is 10.5 Å². The highest BCUT2D eigenvalue weighted by atomic mass is 32.2. The van der Waals surface area contributed by atoms with Crippen molar-refractivity contribution in [2.75, 3.05) is 19.7 Å². The van der Waals surface area contributed by atoms with Crippen LogP contribution >= 0.6 is 0 Å². The van der Waals surface area contributed by atoms with Crippen molar-refractivity contribution in [3.8, 4) is 5.75 Å². The van der Waals surface area contributed by atoms with E-state index in [1.165, 1.54) is 34.7 Å². The summed E-state index contributed by atoms with van der Waals surface area (Å²) in [6.45, 7) is 0.849. The predicted molar refractivity (Wildman–Crippen MR) is 131 cm³/mol. The third-order valence-electron chi connectivity index (χ3n) is 5.32. The number of carboxylic acid groups (broad SMARTS) is 1. The van der Waals surface area contributed by atoms with Crippen molar-refractivity contribution in [1.82, 2.24) is 14.4 Å². The second kappa shape index (κ2) is 12.3. The normalized spacial score (nSPS) is 12.2. The summed E-state index contributed by atoms with van der Waals surface area (Å²) in [5, 5.41) is 11.8. The number of nitrogens with zero attached hydrogens (tertiary/aromatic N) is 1. The molecule has 0 radical (unpaired) electrons. The predicted octanol–water partition coefficient (Wildman–Crippen LogP) is 0.252. The van der Waals surface area contributed by atoms with Gasteiger partial charge < -0.3 is 20.9 Å². The molecule has 6 N–H and O–H groups in total. The Kier molecular flexibility index (Phi) is 9.17. The molecule has 36 heavy (non-hydrogen) atoms. The fourth-order valence-corrected chi connectivity index (χ4v) is 4.62. The van der Waals surface area contributed by atoms with Gasteiger partial charge in [0.15, 0.2) is 0 Å². The van der Waals surface area contributed by atoms with Gasteiger partial charge in [-0.1, -0.05) is 18.2 Å². The molecule has 2 aromatic heterocycles. The first-order chi connectivity index (χ1) is 17.2. The zero-order valence-corrected chi connectivity index (χ0v) is 20.4. The lowest BCUT2D eigenvalue weighted by Gasteiger charge is -2.16. The number of unbranched alkanes of at least 4 members (excludes halogenated alkanes) is 2. The molecule has 1 atom stereocenters. The SMILES string of the molecule is [NH3+]CCCCCOc1ccn2c(=O)cc(C(=O)NCC(NS(=O)(=O)c3ccccc3)C(=O)O)cc2c1. The van der Waals surface area contributed by atoms with Crippen LogP contribution in [0.1, 0.15) is 29.6 Å². The molecule has 3 rings (SSSR count). The molecule has 1 aromatic carbocycles. The molecule has 1 unspecified atom stereocenters. The lowest BCUT2D eigenvalue weighted by atomic mass is 10.2. The Labute approximate surface area is 207 Å². The standard InChI is InChI=1S/C24H28N4O7S/c25-10-5-2-6-12-35-19-9-11-28-18(15-19)13-17(14-22(28)29)23(30)26-16-21(24(31)32)27-36(33,34)20-7-3-1-4-8-20/h1,3-4,7-9,11,13-15,21,27H,2,5-6,10,12,16,25H2,(H,26,30)(H,31,32)/p+1. The number of hydrogen-bond acceptors (Lipinski definition) is 6. The van der Waals surface area contributed by atoms with E-state index < -0.39 is 40.0 Å². The third-order valence-corrected chi connectivity index (χ3v) is 6.80. The number of aromatic nitrogens is 1. The minimum absolute atomic E-state index is 0.00245. The van der Waals surface area contributed by atoms with Crippen LogP contribution in [0.5, 0.6) is 5.75 Å². The van der Waals surface area contributed by atoms with Gasteiger partial charge in [0.1, 0.15) is 11.8 Å². The summed E-state index contributed by atoms with van der Waals surface area (Å²) in [5.74, 6) is -1.65. The van der Waals surface area contributed by atoms with E-state index in [9.17, 15) is 27.9 Å². The first-order valence-corrected chi connectivity index (χ1v) is 12.9. The lowest BCUT2D eigenvalue weighted by Crippen LogP contribution is -2.50. The average Bonchev–Trinajstić information content (AvgIpc) is 2.86. The molecule has 0 saturated carbocycles. The molecule has 0 bridgehead atoms. The number of carbonyl (C=O) groups excluding carboxylic acids is 1. The van der Waals surface area contributed by atoms with Crippen LogP contribution in [-0.2, 0) is 14.8 Å². The summed E-state index contributed by atoms with van der Waals surface area (Å²) in [7, 11) is -4.12. The maximum atomic E-state index is 12.7. The molecular formula is C24H29N4O7S+. The second-order valence-electron chi connectivity index (χ2n) is 8.04. The maximum Gasteiger partial charge on any atom is 0.323 e. The minimum Gasteiger partial charge on any atom is -0.493 e. The van der Waals surface area contributed by atoms with Gasteiger partial charge in [-0.05, 0) is 43.5 Å². The Morgan fingerprint density at radius 3 is 2.50 bits per heavy atom. The molecule has 2 heterocycles. The van der Waals surface area contributed by atoms with Gasteiger partial charge >= 0.3 is 5.97 Å². The number of quaternary nitrogens is 1. The molecule has 12 heteroatoms. The maximum absolute atomic E-state index is 12.7. The molecule has 0 aliphatic rings. The van der Waals surface area contributed by atoms with Crippen LogP contribution in [0.25, 0.3) is 5.52 Å². The van der Waals surface area contributed by atoms with Crippen molar-refractivity contribution in [1.29, 1.82) is 0 Å². The molecule has 0 fully saturated rings. The van der Waals surface area contributed by atoms with E-state index in [2.05, 4.69) is 15.8 Å². The Balaban J connectivity index is 1.70. The highest BCUT2D eigenvalue weighted by Gasteiger charge is 2.26. The van der Waals surface area contributed by atoms with Gasteiger partial charge in [-0.25, -0.2) is 8.42 Å². The molecule has 1 amide bonds. The van der Waals surface area contributed by atoms with Crippen LogP contribution < -0.4 is 26.1 Å². The third kappa shape index (κ3) is 7.13. The summed E-state index contributed by atoms with van der Waals surface area (Å²) in [6.07, 6.45) is 4.43. The number of carboxylic acids is 1. The highest BCUT2D eigenvalue weighted by Crippen LogP contribution is 2.15. The zero-order valence-electron chi connectivity index (χ0n) is 19.6. The highest BCUT2D eigenvalue weighted by molar-refractivity contribution is 7.89. The number of pyridine rings is 2. The fraction of sp³-hybridized carbons (Fsp3) is 0.292. The number of nitrogens with one attached hydrogen (secondary N) is 2. The second-order valence-corrected chi connectivity index (χ2v) is 9.75. The van der Waals surface area contributed by atoms with Gasteiger partial charge in [0.25, 0.3) is 11.5 Å². The average molecular weight is 518 g/mol. The van der Waals surface area contributed by atoms with Gasteiger partial charge in [-0.15, -0.1) is 0 Å². The summed E-state index contributed by atoms with van der Waals surface area (Å²) in [4.78, 5) is 36.7. The smallest absolute Gasteiger partial charge is 0.323 e. The number of hydrogen-bond donors (Lipinski definition) is 4. The van der Waals surface area contributed by atoms with Crippen LogP contribution in [0.3, 0.4) is 0 Å². The van der Waals surface area contributed by atoms with Crippen molar-refractivity contribution >= 4 is 27.4 Å². The number of carbonyl (C=O) groups is 2. The van der Waals surface area contributed by atoms with Gasteiger partial charge in [0.05, 0.1) is 23.6 Å². The van der Waals surface area contributed by atoms with Gasteiger partial charge in [0, 0.05) is 30.4 Å². The van der Waals surface area contributed by atoms with Crippen LogP contribution in [0.2, 0.25) is 0 Å². The first-order valence-electron chi connectivity index (χ1n) is 11.4. The number of fused-ring (bicyclic) bond motifs is 1. The van der Waals surface area contributed by atoms with Gasteiger partial charge in [-0.2, -0.15) is 4.72 Å². The van der Waals surface area contributed by atoms with Crippen LogP contribution in [0.4, 0.5) is 0 Å². The largest absolute Gasteiger partial charge is 0.493 e. The summed E-state index contributed by atoms with van der Waals surface area (Å²) >= 11 is 0. The Morgan fingerprint density at radius 1 is 1.06 bits per heavy atom. The molecule has 0 aliphatic heterocycles. The van der Waals surface area contributed by atoms with Gasteiger partial charge in [-0.3, -0.25) is 18.8 Å². The zero-order chi connectivity index (χ0) is 26.1. The Bertz CT molecular complexity index is 1370. The molecule has 0 spiro atoms. The van der Waals surface area contributed by atoms with Crippen molar-refractivity contribution in [3.05, 3.63) is 76.7 Å². The summed E-state index contributed by atoms with van der Waals surface area (Å²) < 4.78 is 34.1. The van der Waals surface area contributed by atoms with E-state index in [0.29, 0.717) is 17.9 Å². The number of aliphatic carboxylic acids is 1. The molecule has 192 valence electrons. The van der Waals surface area contributed by atoms with E-state index in [1.54, 1.807) is 24.4 Å². The molecular weight excluding hydrogens is 488 g/mol. The molecule has 3 aromatic rings. The van der Waals surface area contributed by atoms with Crippen molar-refractivity contribution < 1.29 is 33.6 Å². The number of sulfonamides is 1. The summed E-state index contributed by atoms with van der Waals surface area (Å²) in [5.41, 5.74) is 3.76. The topological polar surface area (TPSA) is 171 Å². The van der Waals surface area contributed by atoms with Crippen molar-refractivity contribution in [2.24, 2.45) is 0 Å². The van der Waals surface area contributed by atoms with Crippen LogP contribution in [0.15, 0.2) is 70.5 Å². The number of ether oxygens (including phenoxy) is 1. The molecule has 0 aliphatic carbocycles. The summed E-state index contributed by atoms with van der Waals surface area (Å²) in [6, 6.07) is 11.5. The van der Waals surface area contributed by atoms with E-state index in [0.717, 1.165) is 31.9 Å². The van der Waals surface area contributed by atoms with E-state index >= 15 is 0 Å². The lowest BCUT2D eigenvalue weighted by molar-refractivity contribution is -0.368. The Morgan fingerprint density at radius 2 is 1.81 bits per heavy atom. The molecule has 11 nitrogen and oxygen atoms in total. The van der Waals surface area contributed by atoms with Crippen LogP contribution in [-0.4, -0.2) is 55.5 Å². The van der Waals surface area contributed by atoms with Crippen molar-refractivity contribution in [3.63, 3.8) is 0 Å².